The van der Waals surface area contributed by atoms with Crippen molar-refractivity contribution in [2.75, 3.05) is 32.8 Å². The molecule has 3 rings (SSSR count). The van der Waals surface area contributed by atoms with E-state index in [2.05, 4.69) is 0 Å². The Balaban J connectivity index is 1.56. The molecule has 0 aliphatic carbocycles. The molecule has 3 fully saturated rings. The Morgan fingerprint density at radius 1 is 0.952 bits per heavy atom. The molecule has 3 saturated heterocycles. The van der Waals surface area contributed by atoms with Gasteiger partial charge in [-0.25, -0.2) is 0 Å². The van der Waals surface area contributed by atoms with Crippen molar-refractivity contribution in [2.45, 2.75) is 50.9 Å². The Morgan fingerprint density at radius 3 is 2.10 bits per heavy atom. The highest BCUT2D eigenvalue weighted by molar-refractivity contribution is 5.83. The van der Waals surface area contributed by atoms with E-state index < -0.39 is 0 Å². The number of piperazine rings is 1. The van der Waals surface area contributed by atoms with Gasteiger partial charge in [-0.3, -0.25) is 9.59 Å². The Morgan fingerprint density at radius 2 is 1.57 bits per heavy atom. The van der Waals surface area contributed by atoms with E-state index in [9.17, 15) is 9.59 Å². The molecule has 0 aromatic rings. The van der Waals surface area contributed by atoms with Crippen LogP contribution in [0, 0.1) is 0 Å². The molecule has 0 aromatic carbocycles. The molecule has 0 aromatic heterocycles. The molecule has 3 atom stereocenters. The van der Waals surface area contributed by atoms with Gasteiger partial charge in [0, 0.05) is 38.9 Å². The number of nitrogens with zero attached hydrogens (tertiary/aromatic N) is 2. The number of ether oxygens (including phenoxy) is 2. The van der Waals surface area contributed by atoms with E-state index in [1.165, 1.54) is 0 Å². The van der Waals surface area contributed by atoms with Gasteiger partial charge < -0.3 is 19.3 Å². The quantitative estimate of drug-likeness (QED) is 0.740. The van der Waals surface area contributed by atoms with Crippen LogP contribution in [0.25, 0.3) is 0 Å². The second-order valence-corrected chi connectivity index (χ2v) is 6.17. The van der Waals surface area contributed by atoms with Crippen LogP contribution in [0.2, 0.25) is 0 Å². The van der Waals surface area contributed by atoms with Gasteiger partial charge in [0.25, 0.3) is 11.8 Å². The maximum atomic E-state index is 12.4. The first-order chi connectivity index (χ1) is 10.2. The van der Waals surface area contributed by atoms with Crippen LogP contribution in [0.3, 0.4) is 0 Å². The van der Waals surface area contributed by atoms with Gasteiger partial charge in [0.05, 0.1) is 0 Å². The predicted octanol–water partition coefficient (Wildman–Crippen LogP) is 0.404. The third-order valence-electron chi connectivity index (χ3n) is 4.63. The minimum Gasteiger partial charge on any atom is -0.368 e. The first kappa shape index (κ1) is 14.8. The van der Waals surface area contributed by atoms with Crippen molar-refractivity contribution in [1.82, 2.24) is 9.80 Å². The van der Waals surface area contributed by atoms with Crippen molar-refractivity contribution < 1.29 is 19.1 Å². The minimum absolute atomic E-state index is 0.0424. The summed E-state index contributed by atoms with van der Waals surface area (Å²) >= 11 is 0. The summed E-state index contributed by atoms with van der Waals surface area (Å²) in [5.74, 6) is 0.174. The zero-order valence-electron chi connectivity index (χ0n) is 12.6. The number of rotatable bonds is 2. The van der Waals surface area contributed by atoms with E-state index in [1.807, 2.05) is 16.7 Å². The molecular formula is C15H24N2O4. The topological polar surface area (TPSA) is 59.1 Å². The van der Waals surface area contributed by atoms with Gasteiger partial charge in [-0.15, -0.1) is 0 Å². The summed E-state index contributed by atoms with van der Waals surface area (Å²) in [6.07, 6.45) is 3.03. The molecule has 0 bridgehead atoms. The number of hydrogen-bond acceptors (Lipinski definition) is 4. The molecule has 0 radical (unpaired) electrons. The summed E-state index contributed by atoms with van der Waals surface area (Å²) < 4.78 is 10.9. The fourth-order valence-corrected chi connectivity index (χ4v) is 3.42. The second-order valence-electron chi connectivity index (χ2n) is 6.17. The average molecular weight is 296 g/mol. The van der Waals surface area contributed by atoms with Crippen LogP contribution in [0.5, 0.6) is 0 Å². The summed E-state index contributed by atoms with van der Waals surface area (Å²) in [5.41, 5.74) is 0. The lowest BCUT2D eigenvalue weighted by atomic mass is 10.1. The van der Waals surface area contributed by atoms with Gasteiger partial charge in [0.2, 0.25) is 0 Å². The zero-order chi connectivity index (χ0) is 14.8. The van der Waals surface area contributed by atoms with Crippen LogP contribution in [-0.4, -0.2) is 72.7 Å². The number of hydrogen-bond donors (Lipinski definition) is 0. The van der Waals surface area contributed by atoms with Crippen molar-refractivity contribution in [3.8, 4) is 0 Å². The highest BCUT2D eigenvalue weighted by Gasteiger charge is 2.37. The molecule has 0 unspecified atom stereocenters. The summed E-state index contributed by atoms with van der Waals surface area (Å²) in [5, 5.41) is 0. The van der Waals surface area contributed by atoms with Crippen LogP contribution < -0.4 is 0 Å². The number of carbonyl (C=O) groups is 2. The van der Waals surface area contributed by atoms with Gasteiger partial charge in [-0.1, -0.05) is 0 Å². The zero-order valence-corrected chi connectivity index (χ0v) is 12.6. The molecule has 3 aliphatic rings. The molecule has 0 spiro atoms. The summed E-state index contributed by atoms with van der Waals surface area (Å²) in [4.78, 5) is 28.5. The van der Waals surface area contributed by atoms with E-state index in [0.717, 1.165) is 25.7 Å². The predicted molar refractivity (Wildman–Crippen MR) is 75.7 cm³/mol. The van der Waals surface area contributed by atoms with Gasteiger partial charge in [-0.2, -0.15) is 0 Å². The highest BCUT2D eigenvalue weighted by Crippen LogP contribution is 2.21. The maximum absolute atomic E-state index is 12.4. The summed E-state index contributed by atoms with van der Waals surface area (Å²) in [6.45, 7) is 5.16. The fraction of sp³-hybridized carbons (Fsp3) is 0.867. The SMILES string of the molecule is C[C@H]1CN(C(=O)[C@H]2CCCO2)CCN1C(=O)[C@@H]1CCCO1. The largest absolute Gasteiger partial charge is 0.368 e. The van der Waals surface area contributed by atoms with Crippen molar-refractivity contribution in [1.29, 1.82) is 0 Å². The molecule has 0 saturated carbocycles. The number of carbonyl (C=O) groups excluding carboxylic acids is 2. The average Bonchev–Trinajstić information content (AvgIpc) is 3.18. The molecule has 6 heteroatoms. The number of amides is 2. The first-order valence-corrected chi connectivity index (χ1v) is 7.99. The van der Waals surface area contributed by atoms with E-state index in [-0.39, 0.29) is 30.1 Å². The Labute approximate surface area is 125 Å². The Kier molecular flexibility index (Phi) is 4.45. The van der Waals surface area contributed by atoms with Crippen LogP contribution in [0.1, 0.15) is 32.6 Å². The normalized spacial score (nSPS) is 33.5. The Bertz CT molecular complexity index is 402. The molecule has 0 N–H and O–H groups in total. The van der Waals surface area contributed by atoms with Crippen molar-refractivity contribution in [3.63, 3.8) is 0 Å². The van der Waals surface area contributed by atoms with E-state index in [0.29, 0.717) is 32.8 Å². The van der Waals surface area contributed by atoms with Crippen molar-refractivity contribution in [2.24, 2.45) is 0 Å². The lowest BCUT2D eigenvalue weighted by molar-refractivity contribution is -0.152. The third-order valence-corrected chi connectivity index (χ3v) is 4.63. The molecular weight excluding hydrogens is 272 g/mol. The first-order valence-electron chi connectivity index (χ1n) is 7.99. The highest BCUT2D eigenvalue weighted by atomic mass is 16.5. The van der Waals surface area contributed by atoms with Crippen LogP contribution >= 0.6 is 0 Å². The summed E-state index contributed by atoms with van der Waals surface area (Å²) in [6, 6.07) is 0.0424. The maximum Gasteiger partial charge on any atom is 0.252 e. The monoisotopic (exact) mass is 296 g/mol. The molecule has 6 nitrogen and oxygen atoms in total. The van der Waals surface area contributed by atoms with E-state index >= 15 is 0 Å². The van der Waals surface area contributed by atoms with E-state index in [4.69, 9.17) is 9.47 Å². The van der Waals surface area contributed by atoms with E-state index in [1.54, 1.807) is 0 Å². The third kappa shape index (κ3) is 3.06. The van der Waals surface area contributed by atoms with Gasteiger partial charge in [-0.05, 0) is 32.6 Å². The van der Waals surface area contributed by atoms with Crippen LogP contribution in [0.15, 0.2) is 0 Å². The second kappa shape index (κ2) is 6.32. The lowest BCUT2D eigenvalue weighted by Crippen LogP contribution is -2.58. The molecule has 2 amide bonds. The minimum atomic E-state index is -0.270. The lowest BCUT2D eigenvalue weighted by Gasteiger charge is -2.41. The van der Waals surface area contributed by atoms with Crippen molar-refractivity contribution >= 4 is 11.8 Å². The molecule has 3 heterocycles. The summed E-state index contributed by atoms with van der Waals surface area (Å²) in [7, 11) is 0. The smallest absolute Gasteiger partial charge is 0.252 e. The Hall–Kier alpha value is -1.14. The van der Waals surface area contributed by atoms with Gasteiger partial charge >= 0.3 is 0 Å². The van der Waals surface area contributed by atoms with Crippen molar-refractivity contribution in [3.05, 3.63) is 0 Å². The van der Waals surface area contributed by atoms with Crippen LogP contribution in [0.4, 0.5) is 0 Å². The van der Waals surface area contributed by atoms with Crippen LogP contribution in [-0.2, 0) is 19.1 Å². The molecule has 3 aliphatic heterocycles. The standard InChI is InChI=1S/C15H24N2O4/c1-11-10-16(14(18)12-4-2-8-20-12)6-7-17(11)15(19)13-5-3-9-21-13/h11-13H,2-10H2,1H3/t11-,12+,13-/m0/s1. The molecule has 21 heavy (non-hydrogen) atoms. The van der Waals surface area contributed by atoms with Gasteiger partial charge in [0.15, 0.2) is 0 Å². The molecule has 118 valence electrons. The fourth-order valence-electron chi connectivity index (χ4n) is 3.42. The van der Waals surface area contributed by atoms with Gasteiger partial charge in [0.1, 0.15) is 12.2 Å².